The van der Waals surface area contributed by atoms with Crippen molar-refractivity contribution >= 4 is 24.4 Å². The van der Waals surface area contributed by atoms with E-state index in [0.29, 0.717) is 32.2 Å². The topological polar surface area (TPSA) is 101 Å². The minimum absolute atomic E-state index is 0.115. The summed E-state index contributed by atoms with van der Waals surface area (Å²) in [5.41, 5.74) is 0. The van der Waals surface area contributed by atoms with E-state index in [9.17, 15) is 19.2 Å². The normalized spacial score (nSPS) is 23.9. The average molecular weight is 325 g/mol. The van der Waals surface area contributed by atoms with Gasteiger partial charge in [0.2, 0.25) is 5.91 Å². The molecular weight excluding hydrogens is 298 g/mol. The number of rotatable bonds is 11. The van der Waals surface area contributed by atoms with Crippen LogP contribution in [0.3, 0.4) is 0 Å². The Hall–Kier alpha value is -1.72. The smallest absolute Gasteiger partial charge is 0.303 e. The SMILES string of the molecule is O=CC1CCC(C=O)C(C(=O)NCCCCCCCC(=O)O)C1. The van der Waals surface area contributed by atoms with Crippen molar-refractivity contribution in [2.75, 3.05) is 6.54 Å². The van der Waals surface area contributed by atoms with E-state index in [0.717, 1.165) is 38.3 Å². The van der Waals surface area contributed by atoms with Gasteiger partial charge < -0.3 is 20.0 Å². The van der Waals surface area contributed by atoms with Crippen molar-refractivity contribution in [3.63, 3.8) is 0 Å². The van der Waals surface area contributed by atoms with Crippen LogP contribution in [-0.2, 0) is 19.2 Å². The maximum Gasteiger partial charge on any atom is 0.303 e. The number of carbonyl (C=O) groups is 4. The van der Waals surface area contributed by atoms with Gasteiger partial charge in [-0.3, -0.25) is 9.59 Å². The molecule has 1 amide bonds. The van der Waals surface area contributed by atoms with Gasteiger partial charge in [-0.25, -0.2) is 0 Å². The Morgan fingerprint density at radius 1 is 1.00 bits per heavy atom. The third kappa shape index (κ3) is 7.39. The summed E-state index contributed by atoms with van der Waals surface area (Å²) in [7, 11) is 0. The number of carboxylic acids is 1. The van der Waals surface area contributed by atoms with Crippen molar-refractivity contribution in [3.8, 4) is 0 Å². The molecule has 3 atom stereocenters. The zero-order valence-corrected chi connectivity index (χ0v) is 13.5. The zero-order chi connectivity index (χ0) is 17.1. The molecule has 0 aromatic heterocycles. The molecule has 0 bridgehead atoms. The predicted molar refractivity (Wildman–Crippen MR) is 84.8 cm³/mol. The second-order valence-electron chi connectivity index (χ2n) is 6.32. The lowest BCUT2D eigenvalue weighted by molar-refractivity contribution is -0.137. The van der Waals surface area contributed by atoms with Gasteiger partial charge in [0.1, 0.15) is 12.6 Å². The van der Waals surface area contributed by atoms with Gasteiger partial charge in [0.15, 0.2) is 0 Å². The molecular formula is C17H27NO5. The van der Waals surface area contributed by atoms with E-state index in [2.05, 4.69) is 5.32 Å². The van der Waals surface area contributed by atoms with E-state index in [1.54, 1.807) is 0 Å². The largest absolute Gasteiger partial charge is 0.481 e. The molecule has 23 heavy (non-hydrogen) atoms. The minimum Gasteiger partial charge on any atom is -0.481 e. The number of hydrogen-bond donors (Lipinski definition) is 2. The van der Waals surface area contributed by atoms with E-state index in [1.807, 2.05) is 0 Å². The van der Waals surface area contributed by atoms with Crippen LogP contribution in [-0.4, -0.2) is 36.1 Å². The average Bonchev–Trinajstić information content (AvgIpc) is 2.56. The Kier molecular flexibility index (Phi) is 9.17. The minimum atomic E-state index is -0.761. The zero-order valence-electron chi connectivity index (χ0n) is 13.5. The number of unbranched alkanes of at least 4 members (excludes halogenated alkanes) is 4. The highest BCUT2D eigenvalue weighted by atomic mass is 16.4. The van der Waals surface area contributed by atoms with E-state index in [1.165, 1.54) is 0 Å². The number of amides is 1. The summed E-state index contributed by atoms with van der Waals surface area (Å²) in [6.45, 7) is 0.561. The maximum atomic E-state index is 12.2. The molecule has 3 unspecified atom stereocenters. The number of aliphatic carboxylic acids is 1. The van der Waals surface area contributed by atoms with Crippen molar-refractivity contribution in [2.45, 2.75) is 57.8 Å². The van der Waals surface area contributed by atoms with Gasteiger partial charge in [0.05, 0.1) is 0 Å². The van der Waals surface area contributed by atoms with Crippen LogP contribution < -0.4 is 5.32 Å². The Morgan fingerprint density at radius 3 is 2.35 bits per heavy atom. The van der Waals surface area contributed by atoms with Crippen LogP contribution in [0.15, 0.2) is 0 Å². The first-order valence-electron chi connectivity index (χ1n) is 8.48. The third-order valence-corrected chi connectivity index (χ3v) is 4.51. The first-order valence-corrected chi connectivity index (χ1v) is 8.48. The lowest BCUT2D eigenvalue weighted by Crippen LogP contribution is -2.40. The summed E-state index contributed by atoms with van der Waals surface area (Å²) in [5, 5.41) is 11.4. The van der Waals surface area contributed by atoms with Crippen molar-refractivity contribution in [1.82, 2.24) is 5.32 Å². The van der Waals surface area contributed by atoms with Crippen LogP contribution in [0.2, 0.25) is 0 Å². The summed E-state index contributed by atoms with van der Waals surface area (Å²) < 4.78 is 0. The van der Waals surface area contributed by atoms with E-state index < -0.39 is 5.97 Å². The number of aldehydes is 2. The molecule has 1 saturated carbocycles. The molecule has 6 heteroatoms. The molecule has 0 radical (unpaired) electrons. The highest BCUT2D eigenvalue weighted by molar-refractivity contribution is 5.82. The fourth-order valence-electron chi connectivity index (χ4n) is 3.09. The van der Waals surface area contributed by atoms with E-state index in [-0.39, 0.29) is 30.1 Å². The van der Waals surface area contributed by atoms with Crippen molar-refractivity contribution in [3.05, 3.63) is 0 Å². The van der Waals surface area contributed by atoms with E-state index >= 15 is 0 Å². The Balaban J connectivity index is 2.18. The van der Waals surface area contributed by atoms with E-state index in [4.69, 9.17) is 5.11 Å². The standard InChI is InChI=1S/C17H27NO5/c19-11-13-7-8-14(12-20)15(10-13)17(23)18-9-5-3-1-2-4-6-16(21)22/h11-15H,1-10H2,(H,18,23)(H,21,22). The molecule has 0 heterocycles. The quantitative estimate of drug-likeness (QED) is 0.447. The summed E-state index contributed by atoms with van der Waals surface area (Å²) >= 11 is 0. The Labute approximate surface area is 137 Å². The Morgan fingerprint density at radius 2 is 1.70 bits per heavy atom. The molecule has 0 aliphatic heterocycles. The monoisotopic (exact) mass is 325 g/mol. The van der Waals surface area contributed by atoms with Crippen molar-refractivity contribution in [2.24, 2.45) is 17.8 Å². The fourth-order valence-corrected chi connectivity index (χ4v) is 3.09. The van der Waals surface area contributed by atoms with Crippen LogP contribution in [0.1, 0.15) is 57.8 Å². The predicted octanol–water partition coefficient (Wildman–Crippen LogP) is 1.96. The molecule has 6 nitrogen and oxygen atoms in total. The lowest BCUT2D eigenvalue weighted by Gasteiger charge is -2.30. The summed E-state index contributed by atoms with van der Waals surface area (Å²) in [4.78, 5) is 44.5. The van der Waals surface area contributed by atoms with Crippen molar-refractivity contribution in [1.29, 1.82) is 0 Å². The van der Waals surface area contributed by atoms with Gasteiger partial charge in [-0.2, -0.15) is 0 Å². The number of hydrogen-bond acceptors (Lipinski definition) is 4. The number of carboxylic acid groups (broad SMARTS) is 1. The van der Waals surface area contributed by atoms with Gasteiger partial charge in [-0.05, 0) is 32.1 Å². The molecule has 0 saturated heterocycles. The lowest BCUT2D eigenvalue weighted by atomic mass is 9.74. The van der Waals surface area contributed by atoms with Gasteiger partial charge in [0.25, 0.3) is 0 Å². The molecule has 0 aromatic carbocycles. The molecule has 1 rings (SSSR count). The molecule has 1 fully saturated rings. The highest BCUT2D eigenvalue weighted by Crippen LogP contribution is 2.32. The van der Waals surface area contributed by atoms with Crippen LogP contribution in [0.25, 0.3) is 0 Å². The van der Waals surface area contributed by atoms with Crippen LogP contribution in [0, 0.1) is 17.8 Å². The van der Waals surface area contributed by atoms with Gasteiger partial charge in [-0.15, -0.1) is 0 Å². The second kappa shape index (κ2) is 10.9. The van der Waals surface area contributed by atoms with Crippen molar-refractivity contribution < 1.29 is 24.3 Å². The molecule has 0 aromatic rings. The fraction of sp³-hybridized carbons (Fsp3) is 0.765. The number of nitrogens with one attached hydrogen (secondary N) is 1. The maximum absolute atomic E-state index is 12.2. The van der Waals surface area contributed by atoms with Crippen LogP contribution in [0.4, 0.5) is 0 Å². The van der Waals surface area contributed by atoms with Crippen LogP contribution in [0.5, 0.6) is 0 Å². The third-order valence-electron chi connectivity index (χ3n) is 4.51. The number of carbonyl (C=O) groups excluding carboxylic acids is 3. The summed E-state index contributed by atoms with van der Waals surface area (Å²) in [5.74, 6) is -1.66. The van der Waals surface area contributed by atoms with Gasteiger partial charge in [0, 0.05) is 30.7 Å². The van der Waals surface area contributed by atoms with Gasteiger partial charge >= 0.3 is 5.97 Å². The molecule has 1 aliphatic rings. The first kappa shape index (κ1) is 19.3. The summed E-state index contributed by atoms with van der Waals surface area (Å²) in [6, 6.07) is 0. The molecule has 130 valence electrons. The van der Waals surface area contributed by atoms with Crippen LogP contribution >= 0.6 is 0 Å². The Bertz CT molecular complexity index is 410. The second-order valence-corrected chi connectivity index (χ2v) is 6.32. The summed E-state index contributed by atoms with van der Waals surface area (Å²) in [6.07, 6.45) is 8.02. The van der Waals surface area contributed by atoms with Gasteiger partial charge in [-0.1, -0.05) is 19.3 Å². The molecule has 0 spiro atoms. The highest BCUT2D eigenvalue weighted by Gasteiger charge is 2.34. The first-order chi connectivity index (χ1) is 11.1. The molecule has 2 N–H and O–H groups in total. The molecule has 1 aliphatic carbocycles.